The van der Waals surface area contributed by atoms with Crippen LogP contribution in [0, 0.1) is 0 Å². The van der Waals surface area contributed by atoms with Crippen molar-refractivity contribution in [3.63, 3.8) is 0 Å². The Morgan fingerprint density at radius 2 is 0.806 bits per heavy atom. The number of fused-ring (bicyclic) bond motifs is 3. The molecule has 6 aromatic rings. The molecule has 0 aliphatic carbocycles. The number of hydrogen-bond donors (Lipinski definition) is 0. The number of benzene rings is 6. The summed E-state index contributed by atoms with van der Waals surface area (Å²) in [6, 6.07) is 41.4. The summed E-state index contributed by atoms with van der Waals surface area (Å²) in [6.07, 6.45) is 0. The van der Waals surface area contributed by atoms with Gasteiger partial charge in [-0.1, -0.05) is 115 Å². The highest BCUT2D eigenvalue weighted by atomic mass is 79.9. The van der Waals surface area contributed by atoms with E-state index < -0.39 is 0 Å². The van der Waals surface area contributed by atoms with Crippen LogP contribution in [0.3, 0.4) is 0 Å². The van der Waals surface area contributed by atoms with Crippen LogP contribution in [0.4, 0.5) is 0 Å². The molecular formula is C30H19Br. The average molecular weight is 459 g/mol. The van der Waals surface area contributed by atoms with E-state index in [4.69, 9.17) is 0 Å². The lowest BCUT2D eigenvalue weighted by Gasteiger charge is -2.17. The Kier molecular flexibility index (Phi) is 4.36. The zero-order chi connectivity index (χ0) is 20.8. The van der Waals surface area contributed by atoms with Gasteiger partial charge in [0.05, 0.1) is 0 Å². The third-order valence-corrected chi connectivity index (χ3v) is 7.00. The highest BCUT2D eigenvalue weighted by Gasteiger charge is 2.16. The molecule has 0 aromatic heterocycles. The van der Waals surface area contributed by atoms with E-state index in [1.807, 2.05) is 0 Å². The van der Waals surface area contributed by atoms with Crippen molar-refractivity contribution in [2.45, 2.75) is 0 Å². The maximum absolute atomic E-state index is 3.88. The maximum atomic E-state index is 3.88. The van der Waals surface area contributed by atoms with E-state index in [9.17, 15) is 0 Å². The molecule has 0 unspecified atom stereocenters. The van der Waals surface area contributed by atoms with Crippen molar-refractivity contribution in [2.24, 2.45) is 0 Å². The van der Waals surface area contributed by atoms with Crippen LogP contribution < -0.4 is 0 Å². The van der Waals surface area contributed by atoms with Gasteiger partial charge in [-0.25, -0.2) is 0 Å². The molecule has 0 saturated heterocycles. The van der Waals surface area contributed by atoms with Crippen LogP contribution >= 0.6 is 15.9 Å². The zero-order valence-corrected chi connectivity index (χ0v) is 18.4. The van der Waals surface area contributed by atoms with Crippen LogP contribution in [0.1, 0.15) is 0 Å². The quantitative estimate of drug-likeness (QED) is 0.226. The summed E-state index contributed by atoms with van der Waals surface area (Å²) in [7, 11) is 0. The summed E-state index contributed by atoms with van der Waals surface area (Å²) in [5.74, 6) is 0. The third-order valence-electron chi connectivity index (χ3n) is 6.14. The van der Waals surface area contributed by atoms with Crippen LogP contribution in [-0.4, -0.2) is 0 Å². The van der Waals surface area contributed by atoms with Gasteiger partial charge >= 0.3 is 0 Å². The van der Waals surface area contributed by atoms with Crippen molar-refractivity contribution in [1.82, 2.24) is 0 Å². The summed E-state index contributed by atoms with van der Waals surface area (Å²) < 4.78 is 1.16. The first-order valence-corrected chi connectivity index (χ1v) is 11.3. The van der Waals surface area contributed by atoms with Gasteiger partial charge in [-0.2, -0.15) is 0 Å². The molecule has 0 amide bonds. The largest absolute Gasteiger partial charge is 0.0622 e. The fraction of sp³-hybridized carbons (Fsp3) is 0. The van der Waals surface area contributed by atoms with E-state index >= 15 is 0 Å². The van der Waals surface area contributed by atoms with Gasteiger partial charge < -0.3 is 0 Å². The average Bonchev–Trinajstić information content (AvgIpc) is 2.84. The molecule has 0 aliphatic rings. The molecule has 0 aliphatic heterocycles. The predicted octanol–water partition coefficient (Wildman–Crippen LogP) is 9.24. The van der Waals surface area contributed by atoms with Crippen LogP contribution in [0.25, 0.3) is 54.6 Å². The molecule has 146 valence electrons. The van der Waals surface area contributed by atoms with Crippen molar-refractivity contribution in [3.05, 3.63) is 120 Å². The molecule has 0 fully saturated rings. The summed E-state index contributed by atoms with van der Waals surface area (Å²) in [4.78, 5) is 0. The zero-order valence-electron chi connectivity index (χ0n) is 16.8. The SMILES string of the molecule is Brc1c2ccccc2c(-c2cccc3c(-c4ccccc4)cccc23)c2ccccc12. The summed E-state index contributed by atoms with van der Waals surface area (Å²) in [5, 5.41) is 7.58. The minimum atomic E-state index is 1.16. The van der Waals surface area contributed by atoms with Crippen molar-refractivity contribution >= 4 is 48.2 Å². The van der Waals surface area contributed by atoms with Crippen LogP contribution in [-0.2, 0) is 0 Å². The predicted molar refractivity (Wildman–Crippen MR) is 138 cm³/mol. The Labute approximate surface area is 189 Å². The van der Waals surface area contributed by atoms with Crippen molar-refractivity contribution in [1.29, 1.82) is 0 Å². The van der Waals surface area contributed by atoms with Gasteiger partial charge in [0, 0.05) is 4.47 Å². The number of hydrogen-bond acceptors (Lipinski definition) is 0. The first kappa shape index (κ1) is 18.4. The first-order valence-electron chi connectivity index (χ1n) is 10.5. The second-order valence-electron chi connectivity index (χ2n) is 7.85. The van der Waals surface area contributed by atoms with E-state index in [1.54, 1.807) is 0 Å². The summed E-state index contributed by atoms with van der Waals surface area (Å²) >= 11 is 3.88. The molecule has 0 atom stereocenters. The summed E-state index contributed by atoms with van der Waals surface area (Å²) in [5.41, 5.74) is 5.09. The Morgan fingerprint density at radius 1 is 0.355 bits per heavy atom. The van der Waals surface area contributed by atoms with Gasteiger partial charge in [-0.05, 0) is 70.5 Å². The van der Waals surface area contributed by atoms with Gasteiger partial charge in [-0.3, -0.25) is 0 Å². The van der Waals surface area contributed by atoms with Gasteiger partial charge in [0.2, 0.25) is 0 Å². The van der Waals surface area contributed by atoms with Crippen LogP contribution in [0.5, 0.6) is 0 Å². The van der Waals surface area contributed by atoms with Gasteiger partial charge in [0.1, 0.15) is 0 Å². The molecular weight excluding hydrogens is 440 g/mol. The summed E-state index contributed by atoms with van der Waals surface area (Å²) in [6.45, 7) is 0. The minimum absolute atomic E-state index is 1.16. The second-order valence-corrected chi connectivity index (χ2v) is 8.65. The fourth-order valence-corrected chi connectivity index (χ4v) is 5.45. The van der Waals surface area contributed by atoms with Crippen LogP contribution in [0.2, 0.25) is 0 Å². The normalized spacial score (nSPS) is 11.4. The van der Waals surface area contributed by atoms with Gasteiger partial charge in [0.15, 0.2) is 0 Å². The lowest BCUT2D eigenvalue weighted by atomic mass is 9.88. The lowest BCUT2D eigenvalue weighted by Crippen LogP contribution is -1.90. The van der Waals surface area contributed by atoms with Crippen molar-refractivity contribution < 1.29 is 0 Å². The molecule has 6 rings (SSSR count). The van der Waals surface area contributed by atoms with E-state index in [0.29, 0.717) is 0 Å². The van der Waals surface area contributed by atoms with Crippen molar-refractivity contribution in [2.75, 3.05) is 0 Å². The van der Waals surface area contributed by atoms with E-state index in [2.05, 4.69) is 131 Å². The van der Waals surface area contributed by atoms with Gasteiger partial charge in [0.25, 0.3) is 0 Å². The molecule has 1 heteroatoms. The van der Waals surface area contributed by atoms with E-state index in [-0.39, 0.29) is 0 Å². The molecule has 0 N–H and O–H groups in total. The number of halogens is 1. The Bertz CT molecular complexity index is 1520. The maximum Gasteiger partial charge on any atom is 0.0332 e. The first-order chi connectivity index (χ1) is 15.3. The third kappa shape index (κ3) is 2.89. The highest BCUT2D eigenvalue weighted by molar-refractivity contribution is 9.10. The van der Waals surface area contributed by atoms with Gasteiger partial charge in [-0.15, -0.1) is 0 Å². The molecule has 0 saturated carbocycles. The molecule has 0 spiro atoms. The second kappa shape index (κ2) is 7.37. The lowest BCUT2D eigenvalue weighted by molar-refractivity contribution is 1.64. The fourth-order valence-electron chi connectivity index (χ4n) is 4.76. The molecule has 0 radical (unpaired) electrons. The van der Waals surface area contributed by atoms with Crippen LogP contribution in [0.15, 0.2) is 120 Å². The highest BCUT2D eigenvalue weighted by Crippen LogP contribution is 2.44. The standard InChI is InChI=1S/C30H19Br/c31-30-27-14-6-4-12-25(27)29(26-13-5-7-15-28(26)30)24-19-9-17-22-21(16-8-18-23(22)24)20-10-2-1-3-11-20/h1-19H. The number of rotatable bonds is 2. The molecule has 0 nitrogen and oxygen atoms in total. The molecule has 0 bridgehead atoms. The van der Waals surface area contributed by atoms with E-state index in [0.717, 1.165) is 4.47 Å². The minimum Gasteiger partial charge on any atom is -0.0622 e. The molecule has 31 heavy (non-hydrogen) atoms. The Morgan fingerprint density at radius 3 is 1.42 bits per heavy atom. The Balaban J connectivity index is 1.77. The smallest absolute Gasteiger partial charge is 0.0332 e. The monoisotopic (exact) mass is 458 g/mol. The van der Waals surface area contributed by atoms with Crippen molar-refractivity contribution in [3.8, 4) is 22.3 Å². The topological polar surface area (TPSA) is 0 Å². The molecule has 6 aromatic carbocycles. The van der Waals surface area contributed by atoms with E-state index in [1.165, 1.54) is 54.6 Å². The Hall–Kier alpha value is -3.42. The molecule has 0 heterocycles.